The number of hydrogen-bond acceptors (Lipinski definition) is 4. The minimum absolute atomic E-state index is 0.121. The van der Waals surface area contributed by atoms with Crippen molar-refractivity contribution in [3.8, 4) is 0 Å². The van der Waals surface area contributed by atoms with Crippen LogP contribution >= 0.6 is 0 Å². The molecule has 0 spiro atoms. The Kier molecular flexibility index (Phi) is 3.60. The molecular formula is C10H14N2O3. The molecule has 5 nitrogen and oxygen atoms in total. The van der Waals surface area contributed by atoms with Crippen molar-refractivity contribution >= 4 is 11.8 Å². The van der Waals surface area contributed by atoms with Crippen LogP contribution < -0.4 is 0 Å². The molecule has 0 aliphatic heterocycles. The fourth-order valence-corrected chi connectivity index (χ4v) is 1.25. The van der Waals surface area contributed by atoms with Crippen LogP contribution in [0.1, 0.15) is 29.5 Å². The van der Waals surface area contributed by atoms with E-state index in [0.717, 1.165) is 5.69 Å². The molecule has 0 atom stereocenters. The van der Waals surface area contributed by atoms with Gasteiger partial charge < -0.3 is 9.53 Å². The molecule has 0 radical (unpaired) electrons. The van der Waals surface area contributed by atoms with Crippen molar-refractivity contribution in [2.75, 3.05) is 7.11 Å². The summed E-state index contributed by atoms with van der Waals surface area (Å²) < 4.78 is 6.14. The van der Waals surface area contributed by atoms with Gasteiger partial charge in [0.2, 0.25) is 0 Å². The summed E-state index contributed by atoms with van der Waals surface area (Å²) in [5.41, 5.74) is 1.13. The predicted octanol–water partition coefficient (Wildman–Crippen LogP) is 0.728. The van der Waals surface area contributed by atoms with Gasteiger partial charge in [0.1, 0.15) is 5.78 Å². The zero-order valence-corrected chi connectivity index (χ0v) is 9.11. The Bertz CT molecular complexity index is 382. The van der Waals surface area contributed by atoms with Crippen LogP contribution in [0.4, 0.5) is 0 Å². The van der Waals surface area contributed by atoms with Crippen molar-refractivity contribution in [2.24, 2.45) is 7.05 Å². The van der Waals surface area contributed by atoms with Gasteiger partial charge in [-0.25, -0.2) is 4.79 Å². The maximum atomic E-state index is 11.2. The monoisotopic (exact) mass is 210 g/mol. The summed E-state index contributed by atoms with van der Waals surface area (Å²) in [6.07, 6.45) is 1.05. The number of carbonyl (C=O) groups excluding carboxylic acids is 2. The number of carbonyl (C=O) groups is 2. The number of nitrogens with zero attached hydrogens (tertiary/aromatic N) is 2. The van der Waals surface area contributed by atoms with Crippen LogP contribution in [0.3, 0.4) is 0 Å². The highest BCUT2D eigenvalue weighted by atomic mass is 16.5. The fraction of sp³-hybridized carbons (Fsp3) is 0.500. The lowest BCUT2D eigenvalue weighted by Crippen LogP contribution is -2.03. The van der Waals surface area contributed by atoms with Gasteiger partial charge in [0.25, 0.3) is 0 Å². The van der Waals surface area contributed by atoms with Crippen LogP contribution in [0.25, 0.3) is 0 Å². The molecule has 0 aliphatic carbocycles. The molecule has 1 aromatic heterocycles. The summed E-state index contributed by atoms with van der Waals surface area (Å²) in [6, 6.07) is 1.65. The first kappa shape index (κ1) is 11.4. The van der Waals surface area contributed by atoms with Crippen molar-refractivity contribution in [3.63, 3.8) is 0 Å². The van der Waals surface area contributed by atoms with Crippen LogP contribution in [0, 0.1) is 0 Å². The van der Waals surface area contributed by atoms with Crippen molar-refractivity contribution in [1.82, 2.24) is 9.78 Å². The second-order valence-electron chi connectivity index (χ2n) is 3.34. The molecule has 0 aliphatic rings. The molecule has 1 rings (SSSR count). The number of ketones is 1. The summed E-state index contributed by atoms with van der Waals surface area (Å²) in [6.45, 7) is 1.54. The Morgan fingerprint density at radius 3 is 2.73 bits per heavy atom. The van der Waals surface area contributed by atoms with Crippen LogP contribution in [0.2, 0.25) is 0 Å². The zero-order valence-electron chi connectivity index (χ0n) is 9.11. The molecule has 0 aromatic carbocycles. The third-order valence-corrected chi connectivity index (χ3v) is 2.10. The number of Topliss-reactive ketones (excluding diaryl/α,β-unsaturated/α-hetero) is 1. The van der Waals surface area contributed by atoms with E-state index in [1.807, 2.05) is 0 Å². The Morgan fingerprint density at radius 2 is 2.20 bits per heavy atom. The number of esters is 1. The molecular weight excluding hydrogens is 196 g/mol. The van der Waals surface area contributed by atoms with Crippen molar-refractivity contribution in [2.45, 2.75) is 19.8 Å². The standard InChI is InChI=1S/C10H14N2O3/c1-7(13)4-5-8-6-9(10(14)15-3)11-12(8)2/h6H,4-5H2,1-3H3. The van der Waals surface area contributed by atoms with Crippen LogP contribution in [0.5, 0.6) is 0 Å². The minimum Gasteiger partial charge on any atom is -0.464 e. The molecule has 1 heterocycles. The van der Waals surface area contributed by atoms with Crippen LogP contribution in [0.15, 0.2) is 6.07 Å². The van der Waals surface area contributed by atoms with Gasteiger partial charge in [-0.1, -0.05) is 0 Å². The van der Waals surface area contributed by atoms with Crippen molar-refractivity contribution in [1.29, 1.82) is 0 Å². The number of hydrogen-bond donors (Lipinski definition) is 0. The van der Waals surface area contributed by atoms with Crippen molar-refractivity contribution < 1.29 is 14.3 Å². The molecule has 15 heavy (non-hydrogen) atoms. The first-order chi connectivity index (χ1) is 7.04. The highest BCUT2D eigenvalue weighted by molar-refractivity contribution is 5.87. The summed E-state index contributed by atoms with van der Waals surface area (Å²) in [7, 11) is 3.05. The molecule has 0 fully saturated rings. The van der Waals surface area contributed by atoms with E-state index >= 15 is 0 Å². The first-order valence-corrected chi connectivity index (χ1v) is 4.65. The maximum absolute atomic E-state index is 11.2. The number of aryl methyl sites for hydroxylation is 2. The average molecular weight is 210 g/mol. The smallest absolute Gasteiger partial charge is 0.358 e. The van der Waals surface area contributed by atoms with E-state index < -0.39 is 5.97 Å². The maximum Gasteiger partial charge on any atom is 0.358 e. The normalized spacial score (nSPS) is 10.1. The molecule has 0 amide bonds. The largest absolute Gasteiger partial charge is 0.464 e. The predicted molar refractivity (Wildman–Crippen MR) is 53.5 cm³/mol. The zero-order chi connectivity index (χ0) is 11.4. The second-order valence-corrected chi connectivity index (χ2v) is 3.34. The molecule has 1 aromatic rings. The fourth-order valence-electron chi connectivity index (χ4n) is 1.25. The van der Waals surface area contributed by atoms with E-state index in [4.69, 9.17) is 0 Å². The lowest BCUT2D eigenvalue weighted by Gasteiger charge is -1.97. The Labute approximate surface area is 88.0 Å². The van der Waals surface area contributed by atoms with E-state index in [1.165, 1.54) is 14.0 Å². The molecule has 82 valence electrons. The van der Waals surface area contributed by atoms with E-state index in [2.05, 4.69) is 9.84 Å². The van der Waals surface area contributed by atoms with Crippen LogP contribution in [-0.4, -0.2) is 28.6 Å². The van der Waals surface area contributed by atoms with Gasteiger partial charge in [-0.15, -0.1) is 0 Å². The van der Waals surface area contributed by atoms with Gasteiger partial charge in [-0.2, -0.15) is 5.10 Å². The second kappa shape index (κ2) is 4.72. The van der Waals surface area contributed by atoms with E-state index in [-0.39, 0.29) is 11.5 Å². The Morgan fingerprint density at radius 1 is 1.53 bits per heavy atom. The summed E-state index contributed by atoms with van der Waals surface area (Å²) in [4.78, 5) is 22.0. The lowest BCUT2D eigenvalue weighted by atomic mass is 10.2. The topological polar surface area (TPSA) is 61.2 Å². The molecule has 0 unspecified atom stereocenters. The van der Waals surface area contributed by atoms with Gasteiger partial charge in [-0.05, 0) is 19.4 Å². The number of rotatable bonds is 4. The highest BCUT2D eigenvalue weighted by Crippen LogP contribution is 2.07. The quantitative estimate of drug-likeness (QED) is 0.687. The van der Waals surface area contributed by atoms with Gasteiger partial charge in [0, 0.05) is 19.2 Å². The van der Waals surface area contributed by atoms with Gasteiger partial charge >= 0.3 is 5.97 Å². The third-order valence-electron chi connectivity index (χ3n) is 2.10. The van der Waals surface area contributed by atoms with E-state index in [9.17, 15) is 9.59 Å². The summed E-state index contributed by atoms with van der Waals surface area (Å²) >= 11 is 0. The molecule has 0 bridgehead atoms. The Balaban J connectivity index is 2.77. The van der Waals surface area contributed by atoms with Crippen molar-refractivity contribution in [3.05, 3.63) is 17.5 Å². The lowest BCUT2D eigenvalue weighted by molar-refractivity contribution is -0.117. The average Bonchev–Trinajstić information content (AvgIpc) is 2.55. The SMILES string of the molecule is COC(=O)c1cc(CCC(C)=O)n(C)n1. The van der Waals surface area contributed by atoms with E-state index in [1.54, 1.807) is 17.8 Å². The Hall–Kier alpha value is -1.65. The highest BCUT2D eigenvalue weighted by Gasteiger charge is 2.12. The van der Waals surface area contributed by atoms with E-state index in [0.29, 0.717) is 12.8 Å². The third kappa shape index (κ3) is 2.90. The van der Waals surface area contributed by atoms with Gasteiger partial charge in [-0.3, -0.25) is 4.68 Å². The molecule has 0 saturated carbocycles. The molecule has 0 N–H and O–H groups in total. The minimum atomic E-state index is -0.459. The summed E-state index contributed by atoms with van der Waals surface area (Å²) in [5, 5.41) is 3.99. The van der Waals surface area contributed by atoms with Gasteiger partial charge in [0.15, 0.2) is 5.69 Å². The first-order valence-electron chi connectivity index (χ1n) is 4.65. The van der Waals surface area contributed by atoms with Crippen LogP contribution in [-0.2, 0) is 23.0 Å². The summed E-state index contributed by atoms with van der Waals surface area (Å²) in [5.74, 6) is -0.338. The number of aromatic nitrogens is 2. The molecule has 0 saturated heterocycles. The molecule has 5 heteroatoms. The van der Waals surface area contributed by atoms with Gasteiger partial charge in [0.05, 0.1) is 7.11 Å². The number of methoxy groups -OCH3 is 1. The number of ether oxygens (including phenoxy) is 1.